The van der Waals surface area contributed by atoms with Gasteiger partial charge in [-0.2, -0.15) is 0 Å². The summed E-state index contributed by atoms with van der Waals surface area (Å²) in [5, 5.41) is 7.75. The number of aryl methyl sites for hydroxylation is 1. The van der Waals surface area contributed by atoms with E-state index in [1.54, 1.807) is 11.3 Å². The lowest BCUT2D eigenvalue weighted by molar-refractivity contribution is 0.626. The van der Waals surface area contributed by atoms with E-state index >= 15 is 0 Å². The van der Waals surface area contributed by atoms with Crippen LogP contribution in [0.1, 0.15) is 29.2 Å². The SMILES string of the molecule is CCNC(c1nc(C)cs1)c1c(Cl)cccc1Cl. The second kappa shape index (κ2) is 6.02. The highest BCUT2D eigenvalue weighted by atomic mass is 35.5. The standard InChI is InChI=1S/C13H14Cl2N2S/c1-3-16-12(13-17-8(2)7-18-13)11-9(14)5-4-6-10(11)15/h4-7,12,16H,3H2,1-2H3. The molecule has 2 nitrogen and oxygen atoms in total. The van der Waals surface area contributed by atoms with Crippen LogP contribution >= 0.6 is 34.5 Å². The quantitative estimate of drug-likeness (QED) is 0.902. The zero-order valence-corrected chi connectivity index (χ0v) is 12.5. The van der Waals surface area contributed by atoms with Crippen LogP contribution in [0.25, 0.3) is 0 Å². The van der Waals surface area contributed by atoms with Crippen molar-refractivity contribution in [3.8, 4) is 0 Å². The molecular weight excluding hydrogens is 287 g/mol. The number of nitrogens with one attached hydrogen (secondary N) is 1. The first-order chi connectivity index (χ1) is 8.63. The van der Waals surface area contributed by atoms with E-state index in [-0.39, 0.29) is 6.04 Å². The van der Waals surface area contributed by atoms with Gasteiger partial charge in [0.15, 0.2) is 0 Å². The van der Waals surface area contributed by atoms with Crippen molar-refractivity contribution >= 4 is 34.5 Å². The minimum atomic E-state index is -0.0464. The van der Waals surface area contributed by atoms with Crippen LogP contribution in [-0.4, -0.2) is 11.5 Å². The van der Waals surface area contributed by atoms with E-state index in [4.69, 9.17) is 23.2 Å². The Balaban J connectivity index is 2.47. The van der Waals surface area contributed by atoms with Crippen molar-refractivity contribution in [3.05, 3.63) is 49.9 Å². The maximum atomic E-state index is 6.27. The Morgan fingerprint density at radius 2 is 2.00 bits per heavy atom. The first-order valence-corrected chi connectivity index (χ1v) is 7.36. The fraction of sp³-hybridized carbons (Fsp3) is 0.308. The summed E-state index contributed by atoms with van der Waals surface area (Å²) in [5.74, 6) is 0. The fourth-order valence-electron chi connectivity index (χ4n) is 1.81. The zero-order chi connectivity index (χ0) is 13.1. The summed E-state index contributed by atoms with van der Waals surface area (Å²) in [4.78, 5) is 4.53. The highest BCUT2D eigenvalue weighted by molar-refractivity contribution is 7.09. The Morgan fingerprint density at radius 1 is 1.33 bits per heavy atom. The number of nitrogens with zero attached hydrogens (tertiary/aromatic N) is 1. The third-order valence-corrected chi connectivity index (χ3v) is 4.27. The molecule has 0 saturated heterocycles. The van der Waals surface area contributed by atoms with Crippen LogP contribution in [0.15, 0.2) is 23.6 Å². The van der Waals surface area contributed by atoms with E-state index in [1.165, 1.54) is 0 Å². The average molecular weight is 301 g/mol. The van der Waals surface area contributed by atoms with Crippen LogP contribution in [0.4, 0.5) is 0 Å². The molecule has 0 radical (unpaired) electrons. The normalized spacial score (nSPS) is 12.7. The molecule has 96 valence electrons. The summed E-state index contributed by atoms with van der Waals surface area (Å²) in [6.07, 6.45) is 0. The molecule has 1 atom stereocenters. The lowest BCUT2D eigenvalue weighted by Crippen LogP contribution is -2.22. The number of halogens is 2. The van der Waals surface area contributed by atoms with Crippen molar-refractivity contribution in [2.75, 3.05) is 6.54 Å². The molecule has 5 heteroatoms. The molecule has 0 bridgehead atoms. The molecule has 0 fully saturated rings. The Kier molecular flexibility index (Phi) is 4.62. The second-order valence-corrected chi connectivity index (χ2v) is 5.66. The number of benzene rings is 1. The summed E-state index contributed by atoms with van der Waals surface area (Å²) < 4.78 is 0. The molecule has 1 aromatic carbocycles. The Morgan fingerprint density at radius 3 is 2.50 bits per heavy atom. The van der Waals surface area contributed by atoms with Gasteiger partial charge in [-0.3, -0.25) is 0 Å². The van der Waals surface area contributed by atoms with Crippen LogP contribution in [0.3, 0.4) is 0 Å². The van der Waals surface area contributed by atoms with Gasteiger partial charge in [0.25, 0.3) is 0 Å². The Labute approximate surface area is 121 Å². The highest BCUT2D eigenvalue weighted by Gasteiger charge is 2.21. The molecule has 1 aromatic heterocycles. The van der Waals surface area contributed by atoms with Crippen molar-refractivity contribution in [1.82, 2.24) is 10.3 Å². The molecule has 0 spiro atoms. The van der Waals surface area contributed by atoms with E-state index in [1.807, 2.05) is 30.5 Å². The molecule has 0 aliphatic rings. The van der Waals surface area contributed by atoms with Gasteiger partial charge in [0, 0.05) is 26.7 Å². The number of hydrogen-bond donors (Lipinski definition) is 1. The summed E-state index contributed by atoms with van der Waals surface area (Å²) in [6, 6.07) is 5.51. The molecular formula is C13H14Cl2N2S. The van der Waals surface area contributed by atoms with E-state index in [2.05, 4.69) is 17.2 Å². The number of thiazole rings is 1. The van der Waals surface area contributed by atoms with Gasteiger partial charge in [-0.15, -0.1) is 11.3 Å². The summed E-state index contributed by atoms with van der Waals surface area (Å²) in [5.41, 5.74) is 1.91. The molecule has 1 heterocycles. The van der Waals surface area contributed by atoms with E-state index in [0.29, 0.717) is 10.0 Å². The highest BCUT2D eigenvalue weighted by Crippen LogP contribution is 2.35. The zero-order valence-electron chi connectivity index (χ0n) is 10.2. The van der Waals surface area contributed by atoms with Crippen LogP contribution in [0.5, 0.6) is 0 Å². The molecule has 1 N–H and O–H groups in total. The smallest absolute Gasteiger partial charge is 0.114 e. The van der Waals surface area contributed by atoms with Crippen LogP contribution in [-0.2, 0) is 0 Å². The number of aromatic nitrogens is 1. The van der Waals surface area contributed by atoms with Crippen molar-refractivity contribution in [1.29, 1.82) is 0 Å². The molecule has 1 unspecified atom stereocenters. The number of hydrogen-bond acceptors (Lipinski definition) is 3. The summed E-state index contributed by atoms with van der Waals surface area (Å²) in [7, 11) is 0. The minimum Gasteiger partial charge on any atom is -0.304 e. The van der Waals surface area contributed by atoms with Gasteiger partial charge in [0.2, 0.25) is 0 Å². The number of rotatable bonds is 4. The molecule has 0 amide bonds. The van der Waals surface area contributed by atoms with Gasteiger partial charge in [0.1, 0.15) is 5.01 Å². The molecule has 2 rings (SSSR count). The van der Waals surface area contributed by atoms with Crippen molar-refractivity contribution in [2.24, 2.45) is 0 Å². The predicted octanol–water partition coefficient (Wildman–Crippen LogP) is 4.46. The molecule has 0 aliphatic heterocycles. The lowest BCUT2D eigenvalue weighted by Gasteiger charge is -2.18. The van der Waals surface area contributed by atoms with Gasteiger partial charge in [-0.05, 0) is 25.6 Å². The van der Waals surface area contributed by atoms with Crippen molar-refractivity contribution < 1.29 is 0 Å². The van der Waals surface area contributed by atoms with Crippen molar-refractivity contribution in [3.63, 3.8) is 0 Å². The van der Waals surface area contributed by atoms with Crippen LogP contribution < -0.4 is 5.32 Å². The van der Waals surface area contributed by atoms with E-state index in [0.717, 1.165) is 22.8 Å². The molecule has 0 aliphatic carbocycles. The molecule has 0 saturated carbocycles. The fourth-order valence-corrected chi connectivity index (χ4v) is 3.30. The third-order valence-electron chi connectivity index (χ3n) is 2.58. The van der Waals surface area contributed by atoms with Gasteiger partial charge >= 0.3 is 0 Å². The first kappa shape index (κ1) is 13.8. The molecule has 2 aromatic rings. The monoisotopic (exact) mass is 300 g/mol. The Hall–Kier alpha value is -0.610. The first-order valence-electron chi connectivity index (χ1n) is 5.72. The van der Waals surface area contributed by atoms with Gasteiger partial charge in [-0.25, -0.2) is 4.98 Å². The van der Waals surface area contributed by atoms with Crippen LogP contribution in [0, 0.1) is 6.92 Å². The topological polar surface area (TPSA) is 24.9 Å². The molecule has 18 heavy (non-hydrogen) atoms. The van der Waals surface area contributed by atoms with Crippen molar-refractivity contribution in [2.45, 2.75) is 19.9 Å². The summed E-state index contributed by atoms with van der Waals surface area (Å²) in [6.45, 7) is 4.86. The van der Waals surface area contributed by atoms with Crippen LogP contribution in [0.2, 0.25) is 10.0 Å². The maximum Gasteiger partial charge on any atom is 0.114 e. The minimum absolute atomic E-state index is 0.0464. The Bertz CT molecular complexity index is 519. The lowest BCUT2D eigenvalue weighted by atomic mass is 10.1. The summed E-state index contributed by atoms with van der Waals surface area (Å²) >= 11 is 14.2. The van der Waals surface area contributed by atoms with Gasteiger partial charge < -0.3 is 5.32 Å². The average Bonchev–Trinajstić information content (AvgIpc) is 2.74. The van der Waals surface area contributed by atoms with E-state index in [9.17, 15) is 0 Å². The van der Waals surface area contributed by atoms with Gasteiger partial charge in [-0.1, -0.05) is 36.2 Å². The van der Waals surface area contributed by atoms with E-state index < -0.39 is 0 Å². The maximum absolute atomic E-state index is 6.27. The largest absolute Gasteiger partial charge is 0.304 e. The van der Waals surface area contributed by atoms with Gasteiger partial charge in [0.05, 0.1) is 6.04 Å². The third kappa shape index (κ3) is 2.86. The second-order valence-electron chi connectivity index (χ2n) is 3.95. The predicted molar refractivity (Wildman–Crippen MR) is 78.8 cm³/mol.